The van der Waals surface area contributed by atoms with Crippen LogP contribution in [0.5, 0.6) is 0 Å². The highest BCUT2D eigenvalue weighted by Crippen LogP contribution is 2.40. The lowest BCUT2D eigenvalue weighted by Gasteiger charge is -2.49. The first-order valence-corrected chi connectivity index (χ1v) is 26.7. The molecule has 21 heteroatoms. The van der Waals surface area contributed by atoms with E-state index in [0.717, 1.165) is 16.7 Å². The fourth-order valence-corrected chi connectivity index (χ4v) is 11.6. The Bertz CT molecular complexity index is 2260. The van der Waals surface area contributed by atoms with E-state index in [1.54, 1.807) is 58.6 Å². The molecule has 3 fully saturated rings. The van der Waals surface area contributed by atoms with Crippen LogP contribution in [0.2, 0.25) is 0 Å². The van der Waals surface area contributed by atoms with E-state index in [9.17, 15) is 35.4 Å². The zero-order valence-electron chi connectivity index (χ0n) is 46.4. The molecule has 8 N–H and O–H groups in total. The van der Waals surface area contributed by atoms with Gasteiger partial charge in [0.1, 0.15) is 30.0 Å². The van der Waals surface area contributed by atoms with Crippen molar-refractivity contribution in [3.05, 3.63) is 54.1 Å². The lowest BCUT2D eigenvalue weighted by molar-refractivity contribution is -0.318. The van der Waals surface area contributed by atoms with Crippen LogP contribution in [0.4, 0.5) is 5.95 Å². The molecule has 3 aliphatic heterocycles. The fraction of sp³-hybridized carbons (Fsp3) is 0.759. The van der Waals surface area contributed by atoms with Crippen LogP contribution in [0.25, 0.3) is 11.1 Å². The van der Waals surface area contributed by atoms with E-state index < -0.39 is 102 Å². The monoisotopic (exact) mass is 1060 g/mol. The third-order valence-electron chi connectivity index (χ3n) is 16.4. The van der Waals surface area contributed by atoms with Crippen LogP contribution in [-0.2, 0) is 46.1 Å². The third kappa shape index (κ3) is 14.3. The summed E-state index contributed by atoms with van der Waals surface area (Å²) in [5.41, 5.74) is 4.57. The molecule has 3 aliphatic rings. The molecule has 0 unspecified atom stereocenters. The van der Waals surface area contributed by atoms with Crippen LogP contribution < -0.4 is 5.73 Å². The number of nitrogen functional groups attached to an aromatic ring is 1. The lowest BCUT2D eigenvalue weighted by atomic mass is 9.77. The number of ether oxygens (including phenoxy) is 6. The number of carbonyl (C=O) groups excluding carboxylic acids is 1. The van der Waals surface area contributed by atoms with Crippen molar-refractivity contribution in [2.75, 3.05) is 46.6 Å². The summed E-state index contributed by atoms with van der Waals surface area (Å²) in [4.78, 5) is 26.6. The SMILES string of the molecule is CC[C@H]1OC(=O)[C@H](C)[C@@H](O[C@H]2C[C@@](C)(OC)[C@@H](O)[C@H](C)O2)[C@H](C)[C@@H](O[C@@H]2O[C@H](C)C[C@H](N(C)CCc3cn([C@H](CO)Cc4ccc(-c5cnc(N)nc5)cc4)nn3)[C@H]2O)[C@](C)(O)C[C@@H](C)CN(C)[C@H](C)[C@@H](O)[C@]1(C)O. The summed E-state index contributed by atoms with van der Waals surface area (Å²) in [7, 11) is 5.25. The predicted octanol–water partition coefficient (Wildman–Crippen LogP) is 2.92. The number of aliphatic hydroxyl groups excluding tert-OH is 4. The minimum absolute atomic E-state index is 0.0910. The number of nitrogens with two attached hydrogens (primary N) is 1. The summed E-state index contributed by atoms with van der Waals surface area (Å²) < 4.78 is 40.0. The van der Waals surface area contributed by atoms with Gasteiger partial charge in [-0.1, -0.05) is 50.3 Å². The van der Waals surface area contributed by atoms with Gasteiger partial charge < -0.3 is 74.6 Å². The number of aromatic nitrogens is 5. The number of hydrogen-bond acceptors (Lipinski definition) is 20. The molecule has 422 valence electrons. The Morgan fingerprint density at radius 3 is 2.24 bits per heavy atom. The topological polar surface area (TPSA) is 283 Å². The zero-order chi connectivity index (χ0) is 55.3. The van der Waals surface area contributed by atoms with Crippen molar-refractivity contribution in [1.29, 1.82) is 0 Å². The second kappa shape index (κ2) is 25.3. The van der Waals surface area contributed by atoms with Crippen LogP contribution in [0, 0.1) is 17.8 Å². The molecule has 3 aromatic rings. The number of likely N-dealkylation sites (N-methyl/N-ethyl adjacent to an activating group) is 2. The van der Waals surface area contributed by atoms with Gasteiger partial charge in [0.2, 0.25) is 5.95 Å². The molecule has 0 amide bonds. The summed E-state index contributed by atoms with van der Waals surface area (Å²) in [5, 5.41) is 79.1. The van der Waals surface area contributed by atoms with Gasteiger partial charge in [-0.2, -0.15) is 0 Å². The molecule has 0 radical (unpaired) electrons. The van der Waals surface area contributed by atoms with Crippen molar-refractivity contribution in [3.8, 4) is 11.1 Å². The van der Waals surface area contributed by atoms with Crippen molar-refractivity contribution in [1.82, 2.24) is 34.8 Å². The molecule has 5 heterocycles. The summed E-state index contributed by atoms with van der Waals surface area (Å²) in [6, 6.07) is 6.53. The predicted molar refractivity (Wildman–Crippen MR) is 279 cm³/mol. The van der Waals surface area contributed by atoms with Gasteiger partial charge in [-0.05, 0) is 105 Å². The van der Waals surface area contributed by atoms with Crippen LogP contribution in [0.3, 0.4) is 0 Å². The molecule has 19 atom stereocenters. The quantitative estimate of drug-likeness (QED) is 0.108. The van der Waals surface area contributed by atoms with E-state index in [0.29, 0.717) is 38.0 Å². The molecule has 1 aromatic carbocycles. The standard InChI is InChI=1S/C54H88N8O13/c1-14-42-54(10,69)46(65)34(6)61(12)27-30(2)23-52(8,68)48(32(4)45(33(5)49(67)73-42)74-43-24-53(9,70-13)47(66)35(7)72-43)75-50-44(64)41(21-31(3)71-50)60(11)20-19-39-28-62(59-58-39)40(29-63)22-36-15-17-37(18-16-36)38-25-56-51(55)57-26-38/h15-18,25-26,28,30-35,40-48,50,63-66,68-69H,14,19-24,27,29H2,1-13H3,(H2,55,56,57)/t30-,31-,32+,33-,34-,35+,40+,41+,42-,43+,44-,45+,46-,47+,48-,50+,52-,53-,54-/m1/s1. The molecule has 75 heavy (non-hydrogen) atoms. The Hall–Kier alpha value is -3.81. The maximum Gasteiger partial charge on any atom is 0.311 e. The van der Waals surface area contributed by atoms with Crippen molar-refractivity contribution >= 4 is 11.9 Å². The number of methoxy groups -OCH3 is 1. The Balaban J connectivity index is 1.23. The molecule has 3 saturated heterocycles. The van der Waals surface area contributed by atoms with Gasteiger partial charge in [0.15, 0.2) is 12.6 Å². The minimum Gasteiger partial charge on any atom is -0.459 e. The van der Waals surface area contributed by atoms with Gasteiger partial charge in [0, 0.05) is 75.2 Å². The van der Waals surface area contributed by atoms with Gasteiger partial charge in [0.25, 0.3) is 0 Å². The summed E-state index contributed by atoms with van der Waals surface area (Å²) in [6.45, 7) is 18.2. The maximum atomic E-state index is 14.5. The van der Waals surface area contributed by atoms with E-state index in [-0.39, 0.29) is 49.9 Å². The van der Waals surface area contributed by atoms with E-state index in [2.05, 4.69) is 20.3 Å². The highest BCUT2D eigenvalue weighted by Gasteiger charge is 2.53. The number of nitrogens with zero attached hydrogens (tertiary/aromatic N) is 7. The van der Waals surface area contributed by atoms with Gasteiger partial charge >= 0.3 is 5.97 Å². The largest absolute Gasteiger partial charge is 0.459 e. The normalized spacial score (nSPS) is 38.4. The van der Waals surface area contributed by atoms with Crippen LogP contribution in [0.15, 0.2) is 42.9 Å². The number of rotatable bonds is 15. The van der Waals surface area contributed by atoms with E-state index in [1.807, 2.05) is 75.1 Å². The Morgan fingerprint density at radius 1 is 0.947 bits per heavy atom. The average molecular weight is 1060 g/mol. The first kappa shape index (κ1) is 60.4. The van der Waals surface area contributed by atoms with E-state index in [1.165, 1.54) is 14.0 Å². The summed E-state index contributed by atoms with van der Waals surface area (Å²) >= 11 is 0. The minimum atomic E-state index is -1.85. The maximum absolute atomic E-state index is 14.5. The molecule has 2 aromatic heterocycles. The summed E-state index contributed by atoms with van der Waals surface area (Å²) in [6.07, 6.45) is -3.11. The van der Waals surface area contributed by atoms with E-state index in [4.69, 9.17) is 34.2 Å². The third-order valence-corrected chi connectivity index (χ3v) is 16.4. The molecule has 0 aliphatic carbocycles. The first-order valence-electron chi connectivity index (χ1n) is 26.7. The Morgan fingerprint density at radius 2 is 1.61 bits per heavy atom. The number of benzene rings is 1. The molecular formula is C54H88N8O13. The van der Waals surface area contributed by atoms with Crippen LogP contribution >= 0.6 is 0 Å². The highest BCUT2D eigenvalue weighted by molar-refractivity contribution is 5.73. The average Bonchev–Trinajstić information content (AvgIpc) is 3.85. The number of hydrogen-bond donors (Lipinski definition) is 7. The smallest absolute Gasteiger partial charge is 0.311 e. The number of aliphatic hydroxyl groups is 6. The second-order valence-electron chi connectivity index (χ2n) is 22.7. The zero-order valence-corrected chi connectivity index (χ0v) is 46.4. The summed E-state index contributed by atoms with van der Waals surface area (Å²) in [5.74, 6) is -2.63. The number of anilines is 1. The molecule has 0 spiro atoms. The fourth-order valence-electron chi connectivity index (χ4n) is 11.6. The highest BCUT2D eigenvalue weighted by atomic mass is 16.7. The van der Waals surface area contributed by atoms with Gasteiger partial charge in [-0.15, -0.1) is 5.10 Å². The molecule has 0 saturated carbocycles. The van der Waals surface area contributed by atoms with Crippen molar-refractivity contribution < 1.29 is 63.9 Å². The number of cyclic esters (lactones) is 1. The Labute approximate surface area is 443 Å². The molecular weight excluding hydrogens is 969 g/mol. The Kier molecular flexibility index (Phi) is 20.4. The van der Waals surface area contributed by atoms with Crippen LogP contribution in [-0.4, -0.2) is 203 Å². The second-order valence-corrected chi connectivity index (χ2v) is 22.7. The number of carbonyl (C=O) groups is 1. The van der Waals surface area contributed by atoms with Gasteiger partial charge in [-0.3, -0.25) is 4.79 Å². The molecule has 0 bridgehead atoms. The van der Waals surface area contributed by atoms with Gasteiger partial charge in [-0.25, -0.2) is 14.6 Å². The van der Waals surface area contributed by atoms with Crippen molar-refractivity contribution in [2.45, 2.75) is 204 Å². The molecule has 21 nitrogen and oxygen atoms in total. The van der Waals surface area contributed by atoms with Gasteiger partial charge in [0.05, 0.1) is 59.9 Å². The van der Waals surface area contributed by atoms with E-state index >= 15 is 0 Å². The first-order chi connectivity index (χ1) is 35.2. The van der Waals surface area contributed by atoms with Crippen molar-refractivity contribution in [2.24, 2.45) is 17.8 Å². The van der Waals surface area contributed by atoms with Crippen molar-refractivity contribution in [3.63, 3.8) is 0 Å². The molecule has 6 rings (SSSR count). The number of esters is 1. The lowest BCUT2D eigenvalue weighted by Crippen LogP contribution is -2.61. The van der Waals surface area contributed by atoms with Crippen LogP contribution in [0.1, 0.15) is 112 Å².